The lowest BCUT2D eigenvalue weighted by Gasteiger charge is -2.42. The second-order valence-corrected chi connectivity index (χ2v) is 7.65. The Hall–Kier alpha value is -2.18. The van der Waals surface area contributed by atoms with Crippen molar-refractivity contribution in [1.29, 1.82) is 0 Å². The van der Waals surface area contributed by atoms with Crippen LogP contribution in [0, 0.1) is 5.41 Å². The standard InChI is InChI=1S/C21H24O5S/c1-24-19(22)21(20(23)25-2)13-12-16(11-10-15-7-4-3-5-8-15)26-18(21)17-9-6-14-27-17/h3-9,14,16,18H,10-13H2,1-2H3/t16-,18+/m1/s1. The number of methoxy groups -OCH3 is 2. The van der Waals surface area contributed by atoms with Crippen molar-refractivity contribution in [3.63, 3.8) is 0 Å². The molecule has 0 amide bonds. The fourth-order valence-electron chi connectivity index (χ4n) is 3.70. The van der Waals surface area contributed by atoms with Crippen molar-refractivity contribution in [2.75, 3.05) is 14.2 Å². The van der Waals surface area contributed by atoms with Crippen molar-refractivity contribution >= 4 is 23.3 Å². The Bertz CT molecular complexity index is 740. The molecule has 1 fully saturated rings. The fraction of sp³-hybridized carbons (Fsp3) is 0.429. The van der Waals surface area contributed by atoms with Crippen LogP contribution in [0.25, 0.3) is 0 Å². The van der Waals surface area contributed by atoms with E-state index in [9.17, 15) is 9.59 Å². The van der Waals surface area contributed by atoms with E-state index in [0.717, 1.165) is 17.7 Å². The molecule has 0 spiro atoms. The Kier molecular flexibility index (Phi) is 6.29. The van der Waals surface area contributed by atoms with Crippen molar-refractivity contribution in [2.45, 2.75) is 37.9 Å². The highest BCUT2D eigenvalue weighted by Crippen LogP contribution is 2.49. The van der Waals surface area contributed by atoms with Gasteiger partial charge in [0.05, 0.1) is 20.3 Å². The molecular weight excluding hydrogens is 364 g/mol. The van der Waals surface area contributed by atoms with E-state index in [1.165, 1.54) is 31.1 Å². The molecule has 0 saturated carbocycles. The summed E-state index contributed by atoms with van der Waals surface area (Å²) in [5, 5.41) is 1.91. The van der Waals surface area contributed by atoms with Crippen LogP contribution in [0.5, 0.6) is 0 Å². The van der Waals surface area contributed by atoms with Crippen LogP contribution >= 0.6 is 11.3 Å². The largest absolute Gasteiger partial charge is 0.468 e. The van der Waals surface area contributed by atoms with Gasteiger partial charge in [-0.25, -0.2) is 0 Å². The summed E-state index contributed by atoms with van der Waals surface area (Å²) < 4.78 is 16.3. The summed E-state index contributed by atoms with van der Waals surface area (Å²) >= 11 is 1.46. The van der Waals surface area contributed by atoms with E-state index in [2.05, 4.69) is 12.1 Å². The van der Waals surface area contributed by atoms with Gasteiger partial charge in [0.1, 0.15) is 6.10 Å². The van der Waals surface area contributed by atoms with Gasteiger partial charge in [-0.1, -0.05) is 36.4 Å². The molecule has 2 atom stereocenters. The zero-order valence-corrected chi connectivity index (χ0v) is 16.4. The van der Waals surface area contributed by atoms with Crippen LogP contribution in [-0.2, 0) is 30.2 Å². The second kappa shape index (κ2) is 8.67. The number of hydrogen-bond donors (Lipinski definition) is 0. The zero-order valence-electron chi connectivity index (χ0n) is 15.6. The molecule has 0 N–H and O–H groups in total. The van der Waals surface area contributed by atoms with Gasteiger partial charge in [-0.15, -0.1) is 11.3 Å². The number of benzene rings is 1. The van der Waals surface area contributed by atoms with Gasteiger partial charge >= 0.3 is 11.9 Å². The van der Waals surface area contributed by atoms with Crippen LogP contribution in [0.1, 0.15) is 35.8 Å². The predicted molar refractivity (Wildman–Crippen MR) is 102 cm³/mol. The van der Waals surface area contributed by atoms with Crippen molar-refractivity contribution in [3.8, 4) is 0 Å². The van der Waals surface area contributed by atoms with Crippen LogP contribution in [0.4, 0.5) is 0 Å². The number of rotatable bonds is 6. The van der Waals surface area contributed by atoms with E-state index in [1.54, 1.807) is 0 Å². The molecule has 1 saturated heterocycles. The van der Waals surface area contributed by atoms with E-state index in [0.29, 0.717) is 12.8 Å². The molecule has 2 aromatic rings. The van der Waals surface area contributed by atoms with E-state index in [-0.39, 0.29) is 6.10 Å². The number of carbonyl (C=O) groups is 2. The van der Waals surface area contributed by atoms with E-state index in [4.69, 9.17) is 14.2 Å². The van der Waals surface area contributed by atoms with Gasteiger partial charge in [-0.3, -0.25) is 9.59 Å². The highest BCUT2D eigenvalue weighted by atomic mass is 32.1. The summed E-state index contributed by atoms with van der Waals surface area (Å²) in [5.41, 5.74) is -0.219. The van der Waals surface area contributed by atoms with Gasteiger partial charge in [0.2, 0.25) is 0 Å². The first-order valence-electron chi connectivity index (χ1n) is 9.01. The number of esters is 2. The minimum absolute atomic E-state index is 0.0419. The van der Waals surface area contributed by atoms with E-state index < -0.39 is 23.5 Å². The van der Waals surface area contributed by atoms with Gasteiger partial charge in [0.15, 0.2) is 5.41 Å². The Morgan fingerprint density at radius 3 is 2.41 bits per heavy atom. The maximum absolute atomic E-state index is 12.7. The summed E-state index contributed by atoms with van der Waals surface area (Å²) in [6.45, 7) is 0. The Morgan fingerprint density at radius 2 is 1.81 bits per heavy atom. The third-order valence-corrected chi connectivity index (χ3v) is 6.05. The molecule has 1 aliphatic rings. The summed E-state index contributed by atoms with van der Waals surface area (Å²) in [6.07, 6.45) is 1.90. The molecule has 2 heterocycles. The number of aryl methyl sites for hydroxylation is 1. The van der Waals surface area contributed by atoms with Crippen molar-refractivity contribution in [2.24, 2.45) is 5.41 Å². The lowest BCUT2D eigenvalue weighted by atomic mass is 9.73. The lowest BCUT2D eigenvalue weighted by molar-refractivity contribution is -0.198. The lowest BCUT2D eigenvalue weighted by Crippen LogP contribution is -2.51. The highest BCUT2D eigenvalue weighted by molar-refractivity contribution is 7.10. The van der Waals surface area contributed by atoms with Crippen LogP contribution in [0.2, 0.25) is 0 Å². The highest BCUT2D eigenvalue weighted by Gasteiger charge is 2.59. The molecular formula is C21H24O5S. The summed E-state index contributed by atoms with van der Waals surface area (Å²) in [7, 11) is 2.58. The van der Waals surface area contributed by atoms with Crippen molar-refractivity contribution < 1.29 is 23.8 Å². The molecule has 0 unspecified atom stereocenters. The molecule has 5 nitrogen and oxygen atoms in total. The number of thiophene rings is 1. The van der Waals surface area contributed by atoms with Crippen molar-refractivity contribution in [3.05, 3.63) is 58.3 Å². The maximum atomic E-state index is 12.7. The Balaban J connectivity index is 1.84. The fourth-order valence-corrected chi connectivity index (χ4v) is 4.55. The molecule has 0 radical (unpaired) electrons. The quantitative estimate of drug-likeness (QED) is 0.554. The second-order valence-electron chi connectivity index (χ2n) is 6.67. The number of carbonyl (C=O) groups excluding carboxylic acids is 2. The minimum Gasteiger partial charge on any atom is -0.468 e. The Labute approximate surface area is 163 Å². The first-order chi connectivity index (χ1) is 13.1. The number of hydrogen-bond acceptors (Lipinski definition) is 6. The van der Waals surface area contributed by atoms with Crippen LogP contribution in [-0.4, -0.2) is 32.3 Å². The van der Waals surface area contributed by atoms with Crippen molar-refractivity contribution in [1.82, 2.24) is 0 Å². The van der Waals surface area contributed by atoms with Crippen LogP contribution in [0.3, 0.4) is 0 Å². The third-order valence-electron chi connectivity index (χ3n) is 5.14. The van der Waals surface area contributed by atoms with E-state index >= 15 is 0 Å². The first-order valence-corrected chi connectivity index (χ1v) is 9.89. The zero-order chi connectivity index (χ0) is 19.3. The van der Waals surface area contributed by atoms with Gasteiger partial charge < -0.3 is 14.2 Å². The molecule has 6 heteroatoms. The van der Waals surface area contributed by atoms with Crippen LogP contribution in [0.15, 0.2) is 47.8 Å². The van der Waals surface area contributed by atoms with Crippen LogP contribution < -0.4 is 0 Å². The van der Waals surface area contributed by atoms with Gasteiger partial charge in [0.25, 0.3) is 0 Å². The minimum atomic E-state index is -1.46. The van der Waals surface area contributed by atoms with E-state index in [1.807, 2.05) is 35.7 Å². The molecule has 144 valence electrons. The molecule has 3 rings (SSSR count). The van der Waals surface area contributed by atoms with Gasteiger partial charge in [0, 0.05) is 4.88 Å². The molecule has 0 bridgehead atoms. The SMILES string of the molecule is COC(=O)C1(C(=O)OC)CC[C@@H](CCc2ccccc2)O[C@H]1c1cccs1. The average molecular weight is 388 g/mol. The van der Waals surface area contributed by atoms with Gasteiger partial charge in [-0.2, -0.15) is 0 Å². The maximum Gasteiger partial charge on any atom is 0.326 e. The molecule has 1 aromatic heterocycles. The van der Waals surface area contributed by atoms with Gasteiger partial charge in [-0.05, 0) is 42.7 Å². The first kappa shape index (κ1) is 19.6. The smallest absolute Gasteiger partial charge is 0.326 e. The average Bonchev–Trinajstić information content (AvgIpc) is 3.26. The summed E-state index contributed by atoms with van der Waals surface area (Å²) in [6, 6.07) is 14.0. The summed E-state index contributed by atoms with van der Waals surface area (Å²) in [5.74, 6) is -1.21. The monoisotopic (exact) mass is 388 g/mol. The number of ether oxygens (including phenoxy) is 3. The predicted octanol–water partition coefficient (Wildman–Crippen LogP) is 3.93. The Morgan fingerprint density at radius 1 is 1.11 bits per heavy atom. The molecule has 27 heavy (non-hydrogen) atoms. The molecule has 1 aliphatic heterocycles. The normalized spacial score (nSPS) is 21.4. The summed E-state index contributed by atoms with van der Waals surface area (Å²) in [4.78, 5) is 26.2. The molecule has 0 aliphatic carbocycles. The molecule has 1 aromatic carbocycles. The third kappa shape index (κ3) is 3.92. The topological polar surface area (TPSA) is 61.8 Å².